The Hall–Kier alpha value is -1.82. The van der Waals surface area contributed by atoms with Crippen LogP contribution in [-0.2, 0) is 4.74 Å². The fourth-order valence-corrected chi connectivity index (χ4v) is 2.14. The van der Waals surface area contributed by atoms with E-state index in [0.29, 0.717) is 18.0 Å². The van der Waals surface area contributed by atoms with Crippen LogP contribution in [0.1, 0.15) is 20.3 Å². The summed E-state index contributed by atoms with van der Waals surface area (Å²) in [6.07, 6.45) is 0.912. The average Bonchev–Trinajstić information content (AvgIpc) is 2.58. The highest BCUT2D eigenvalue weighted by Gasteiger charge is 2.37. The molecule has 1 fully saturated rings. The minimum Gasteiger partial charge on any atom is -0.398 e. The number of non-ortho nitro benzene ring substituents is 1. The van der Waals surface area contributed by atoms with E-state index in [1.807, 2.05) is 13.8 Å². The Morgan fingerprint density at radius 1 is 1.56 bits per heavy atom. The summed E-state index contributed by atoms with van der Waals surface area (Å²) < 4.78 is 5.52. The molecule has 1 aliphatic heterocycles. The van der Waals surface area contributed by atoms with Gasteiger partial charge in [-0.15, -0.1) is 0 Å². The molecule has 3 N–H and O–H groups in total. The van der Waals surface area contributed by atoms with Gasteiger partial charge in [-0.1, -0.05) is 0 Å². The Kier molecular flexibility index (Phi) is 3.13. The standard InChI is InChI=1S/C12H17N3O3/c1-8-12(2,3-4-18-8)14-10-5-9(13)6-11(7-10)15(16)17/h5-8,14H,3-4,13H2,1-2H3. The molecule has 18 heavy (non-hydrogen) atoms. The second-order valence-electron chi connectivity index (χ2n) is 4.88. The van der Waals surface area contributed by atoms with Crippen LogP contribution < -0.4 is 11.1 Å². The predicted octanol–water partition coefficient (Wildman–Crippen LogP) is 2.16. The van der Waals surface area contributed by atoms with Crippen molar-refractivity contribution >= 4 is 17.1 Å². The third-order valence-electron chi connectivity index (χ3n) is 3.47. The van der Waals surface area contributed by atoms with E-state index in [-0.39, 0.29) is 17.3 Å². The van der Waals surface area contributed by atoms with E-state index in [9.17, 15) is 10.1 Å². The summed E-state index contributed by atoms with van der Waals surface area (Å²) in [6.45, 7) is 4.72. The van der Waals surface area contributed by atoms with Crippen LogP contribution in [0.25, 0.3) is 0 Å². The Bertz CT molecular complexity index is 478. The van der Waals surface area contributed by atoms with E-state index >= 15 is 0 Å². The quantitative estimate of drug-likeness (QED) is 0.488. The summed E-state index contributed by atoms with van der Waals surface area (Å²) >= 11 is 0. The van der Waals surface area contributed by atoms with Gasteiger partial charge in [0.05, 0.1) is 16.6 Å². The molecule has 1 aliphatic rings. The summed E-state index contributed by atoms with van der Waals surface area (Å²) in [5, 5.41) is 14.1. The van der Waals surface area contributed by atoms with Crippen molar-refractivity contribution in [2.24, 2.45) is 0 Å². The van der Waals surface area contributed by atoms with Crippen LogP contribution >= 0.6 is 0 Å². The fourth-order valence-electron chi connectivity index (χ4n) is 2.14. The minimum absolute atomic E-state index is 0.00679. The molecule has 0 aromatic heterocycles. The number of nitro groups is 1. The number of rotatable bonds is 3. The molecule has 0 saturated carbocycles. The Labute approximate surface area is 105 Å². The van der Waals surface area contributed by atoms with Crippen LogP contribution in [0.15, 0.2) is 18.2 Å². The van der Waals surface area contributed by atoms with E-state index in [2.05, 4.69) is 5.32 Å². The lowest BCUT2D eigenvalue weighted by atomic mass is 9.94. The number of hydrogen-bond donors (Lipinski definition) is 2. The molecule has 0 spiro atoms. The first-order valence-electron chi connectivity index (χ1n) is 5.85. The van der Waals surface area contributed by atoms with Gasteiger partial charge in [-0.3, -0.25) is 10.1 Å². The molecular weight excluding hydrogens is 234 g/mol. The SMILES string of the molecule is CC1OCCC1(C)Nc1cc(N)cc([N+](=O)[O-])c1. The van der Waals surface area contributed by atoms with Gasteiger partial charge in [0.1, 0.15) is 0 Å². The van der Waals surface area contributed by atoms with Crippen LogP contribution in [-0.4, -0.2) is 23.2 Å². The molecule has 0 aliphatic carbocycles. The Morgan fingerprint density at radius 2 is 2.28 bits per heavy atom. The van der Waals surface area contributed by atoms with Gasteiger partial charge in [-0.25, -0.2) is 0 Å². The number of anilines is 2. The maximum Gasteiger partial charge on any atom is 0.273 e. The largest absolute Gasteiger partial charge is 0.398 e. The maximum absolute atomic E-state index is 10.8. The molecule has 2 atom stereocenters. The second-order valence-corrected chi connectivity index (χ2v) is 4.88. The molecule has 0 radical (unpaired) electrons. The van der Waals surface area contributed by atoms with Crippen LogP contribution in [0, 0.1) is 10.1 Å². The molecule has 6 heteroatoms. The van der Waals surface area contributed by atoms with Crippen LogP contribution in [0.3, 0.4) is 0 Å². The van der Waals surface area contributed by atoms with Crippen molar-refractivity contribution in [3.8, 4) is 0 Å². The molecule has 1 aromatic carbocycles. The number of hydrogen-bond acceptors (Lipinski definition) is 5. The van der Waals surface area contributed by atoms with E-state index in [0.717, 1.165) is 6.42 Å². The van der Waals surface area contributed by atoms with Crippen molar-refractivity contribution in [3.63, 3.8) is 0 Å². The number of nitrogens with one attached hydrogen (secondary N) is 1. The maximum atomic E-state index is 10.8. The van der Waals surface area contributed by atoms with Crippen LogP contribution in [0.2, 0.25) is 0 Å². The highest BCUT2D eigenvalue weighted by molar-refractivity contribution is 5.62. The zero-order valence-electron chi connectivity index (χ0n) is 10.5. The Balaban J connectivity index is 2.26. The number of nitrogen functional groups attached to an aromatic ring is 1. The monoisotopic (exact) mass is 251 g/mol. The summed E-state index contributed by atoms with van der Waals surface area (Å²) in [6, 6.07) is 4.54. The summed E-state index contributed by atoms with van der Waals surface area (Å²) in [5.74, 6) is 0. The summed E-state index contributed by atoms with van der Waals surface area (Å²) in [7, 11) is 0. The number of ether oxygens (including phenoxy) is 1. The summed E-state index contributed by atoms with van der Waals surface area (Å²) in [5.41, 5.74) is 6.48. The zero-order chi connectivity index (χ0) is 13.3. The van der Waals surface area contributed by atoms with Gasteiger partial charge in [0.2, 0.25) is 0 Å². The lowest BCUT2D eigenvalue weighted by Crippen LogP contribution is -2.41. The van der Waals surface area contributed by atoms with Crippen molar-refractivity contribution in [2.75, 3.05) is 17.7 Å². The molecule has 98 valence electrons. The van der Waals surface area contributed by atoms with Gasteiger partial charge in [0.25, 0.3) is 5.69 Å². The minimum atomic E-state index is -0.446. The third-order valence-corrected chi connectivity index (χ3v) is 3.47. The molecule has 0 bridgehead atoms. The van der Waals surface area contributed by atoms with Gasteiger partial charge in [0, 0.05) is 30.1 Å². The number of nitro benzene ring substituents is 1. The first-order chi connectivity index (χ1) is 8.40. The van der Waals surface area contributed by atoms with Crippen molar-refractivity contribution in [1.82, 2.24) is 0 Å². The van der Waals surface area contributed by atoms with Gasteiger partial charge in [0.15, 0.2) is 0 Å². The van der Waals surface area contributed by atoms with Gasteiger partial charge in [-0.05, 0) is 26.3 Å². The zero-order valence-corrected chi connectivity index (χ0v) is 10.5. The van der Waals surface area contributed by atoms with Gasteiger partial charge >= 0.3 is 0 Å². The molecule has 2 rings (SSSR count). The van der Waals surface area contributed by atoms with Crippen molar-refractivity contribution < 1.29 is 9.66 Å². The predicted molar refractivity (Wildman–Crippen MR) is 69.6 cm³/mol. The number of nitrogens with zero attached hydrogens (tertiary/aromatic N) is 1. The highest BCUT2D eigenvalue weighted by Crippen LogP contribution is 2.31. The van der Waals surface area contributed by atoms with E-state index in [4.69, 9.17) is 10.5 Å². The lowest BCUT2D eigenvalue weighted by molar-refractivity contribution is -0.384. The van der Waals surface area contributed by atoms with Gasteiger partial charge < -0.3 is 15.8 Å². The van der Waals surface area contributed by atoms with Crippen molar-refractivity contribution in [2.45, 2.75) is 31.9 Å². The van der Waals surface area contributed by atoms with Crippen molar-refractivity contribution in [3.05, 3.63) is 28.3 Å². The molecule has 1 heterocycles. The normalized spacial score (nSPS) is 27.1. The smallest absolute Gasteiger partial charge is 0.273 e. The third kappa shape index (κ3) is 2.38. The van der Waals surface area contributed by atoms with Crippen LogP contribution in [0.4, 0.5) is 17.1 Å². The summed E-state index contributed by atoms with van der Waals surface area (Å²) in [4.78, 5) is 10.3. The molecular formula is C12H17N3O3. The first-order valence-corrected chi connectivity index (χ1v) is 5.85. The second kappa shape index (κ2) is 4.45. The number of nitrogens with two attached hydrogens (primary N) is 1. The van der Waals surface area contributed by atoms with Gasteiger partial charge in [-0.2, -0.15) is 0 Å². The van der Waals surface area contributed by atoms with E-state index in [1.54, 1.807) is 6.07 Å². The molecule has 0 amide bonds. The average molecular weight is 251 g/mol. The fraction of sp³-hybridized carbons (Fsp3) is 0.500. The topological polar surface area (TPSA) is 90.4 Å². The molecule has 6 nitrogen and oxygen atoms in total. The van der Waals surface area contributed by atoms with Crippen molar-refractivity contribution in [1.29, 1.82) is 0 Å². The highest BCUT2D eigenvalue weighted by atomic mass is 16.6. The van der Waals surface area contributed by atoms with Crippen LogP contribution in [0.5, 0.6) is 0 Å². The first kappa shape index (κ1) is 12.6. The van der Waals surface area contributed by atoms with E-state index < -0.39 is 4.92 Å². The molecule has 2 unspecified atom stereocenters. The molecule has 1 aromatic rings. The Morgan fingerprint density at radius 3 is 2.83 bits per heavy atom. The van der Waals surface area contributed by atoms with E-state index in [1.165, 1.54) is 12.1 Å². The molecule has 1 saturated heterocycles. The lowest BCUT2D eigenvalue weighted by Gasteiger charge is -2.30. The number of benzene rings is 1.